The smallest absolute Gasteiger partial charge is 0.320 e. The number of rotatable bonds is 8. The molecule has 0 bridgehead atoms. The summed E-state index contributed by atoms with van der Waals surface area (Å²) in [6.07, 6.45) is -0.120. The van der Waals surface area contributed by atoms with Crippen molar-refractivity contribution in [3.8, 4) is 0 Å². The van der Waals surface area contributed by atoms with Crippen molar-refractivity contribution in [1.82, 2.24) is 0 Å². The molecule has 1 atom stereocenters. The first kappa shape index (κ1) is 21.3. The number of nitrogens with zero attached hydrogens (tertiary/aromatic N) is 1. The summed E-state index contributed by atoms with van der Waals surface area (Å²) in [5.74, 6) is -1.80. The molecule has 0 aliphatic carbocycles. The third-order valence-corrected chi connectivity index (χ3v) is 5.33. The normalized spacial score (nSPS) is 13.1. The molecule has 0 saturated heterocycles. The lowest BCUT2D eigenvalue weighted by Crippen LogP contribution is -2.57. The van der Waals surface area contributed by atoms with Crippen LogP contribution >= 0.6 is 25.0 Å². The third kappa shape index (κ3) is 5.21. The minimum atomic E-state index is -0.837. The fourth-order valence-electron chi connectivity index (χ4n) is 2.26. The van der Waals surface area contributed by atoms with Crippen LogP contribution in [0.2, 0.25) is 0 Å². The minimum Gasteiger partial charge on any atom is -0.466 e. The second-order valence-electron chi connectivity index (χ2n) is 5.58. The van der Waals surface area contributed by atoms with Crippen LogP contribution in [-0.2, 0) is 19.1 Å². The molecule has 22 heavy (non-hydrogen) atoms. The highest BCUT2D eigenvalue weighted by Crippen LogP contribution is 2.30. The van der Waals surface area contributed by atoms with Gasteiger partial charge in [0.1, 0.15) is 0 Å². The fraction of sp³-hybridized carbons (Fsp3) is 0.800. The topological polar surface area (TPSA) is 52.6 Å². The molecule has 0 aliphatic heterocycles. The third-order valence-electron chi connectivity index (χ3n) is 3.47. The summed E-state index contributed by atoms with van der Waals surface area (Å²) < 4.78 is 10.2. The van der Waals surface area contributed by atoms with E-state index in [9.17, 15) is 9.59 Å². The Morgan fingerprint density at radius 3 is 1.86 bits per heavy atom. The molecule has 0 heterocycles. The molecule has 5 nitrogen and oxygen atoms in total. The van der Waals surface area contributed by atoms with Crippen molar-refractivity contribution in [3.63, 3.8) is 0 Å². The first-order valence-electron chi connectivity index (χ1n) is 7.60. The Balaban J connectivity index is 5.51. The summed E-state index contributed by atoms with van der Waals surface area (Å²) in [4.78, 5) is 24.5. The van der Waals surface area contributed by atoms with Crippen molar-refractivity contribution < 1.29 is 23.0 Å². The van der Waals surface area contributed by atoms with Gasteiger partial charge in [-0.1, -0.05) is 0 Å². The van der Waals surface area contributed by atoms with Gasteiger partial charge in [0.25, 0.3) is 0 Å². The monoisotopic (exact) mass is 350 g/mol. The Hall–Kier alpha value is -0.660. The van der Waals surface area contributed by atoms with Crippen LogP contribution in [0.15, 0.2) is 0 Å². The van der Waals surface area contributed by atoms with Gasteiger partial charge in [-0.05, 0) is 53.8 Å². The second kappa shape index (κ2) is 9.47. The van der Waals surface area contributed by atoms with Crippen molar-refractivity contribution in [2.45, 2.75) is 60.0 Å². The predicted octanol–water partition coefficient (Wildman–Crippen LogP) is 2.92. The Kier molecular flexibility index (Phi) is 9.19. The molecule has 0 aromatic heterocycles. The zero-order valence-electron chi connectivity index (χ0n) is 14.3. The van der Waals surface area contributed by atoms with Gasteiger partial charge in [-0.15, -0.1) is 0 Å². The first-order valence-corrected chi connectivity index (χ1v) is 8.41. The molecule has 7 heteroatoms. The molecule has 0 saturated carbocycles. The van der Waals surface area contributed by atoms with Crippen LogP contribution in [0.4, 0.5) is 0 Å². The zero-order valence-corrected chi connectivity index (χ0v) is 16.0. The first-order chi connectivity index (χ1) is 10.1. The molecule has 0 spiro atoms. The Morgan fingerprint density at radius 1 is 1.05 bits per heavy atom. The van der Waals surface area contributed by atoms with E-state index >= 15 is 0 Å². The lowest BCUT2D eigenvalue weighted by Gasteiger charge is -2.40. The number of carbonyl (C=O) groups excluding carboxylic acids is 2. The zero-order chi connectivity index (χ0) is 17.5. The molecule has 0 aromatic rings. The summed E-state index contributed by atoms with van der Waals surface area (Å²) in [7, 11) is 0. The van der Waals surface area contributed by atoms with Crippen LogP contribution in [0.25, 0.3) is 0 Å². The Labute approximate surface area is 144 Å². The molecule has 0 radical (unpaired) electrons. The largest absolute Gasteiger partial charge is 0.466 e. The van der Waals surface area contributed by atoms with Gasteiger partial charge in [-0.2, -0.15) is 0 Å². The summed E-state index contributed by atoms with van der Waals surface area (Å²) in [6, 6.07) is 0.102. The lowest BCUT2D eigenvalue weighted by atomic mass is 10.0. The van der Waals surface area contributed by atoms with E-state index < -0.39 is 17.9 Å². The van der Waals surface area contributed by atoms with Crippen molar-refractivity contribution in [1.29, 1.82) is 0 Å². The van der Waals surface area contributed by atoms with Gasteiger partial charge in [0.05, 0.1) is 44.5 Å². The summed E-state index contributed by atoms with van der Waals surface area (Å²) in [5.41, 5.74) is 0. The maximum Gasteiger partial charge on any atom is 0.320 e. The van der Waals surface area contributed by atoms with E-state index in [0.717, 1.165) is 0 Å². The Bertz CT molecular complexity index is 402. The lowest BCUT2D eigenvalue weighted by molar-refractivity contribution is -0.746. The van der Waals surface area contributed by atoms with E-state index in [0.29, 0.717) is 4.99 Å². The molecular formula is C15H28NO4S2+. The minimum absolute atomic E-state index is 0.0509. The number of ether oxygens (including phenoxy) is 2. The van der Waals surface area contributed by atoms with Crippen LogP contribution in [-0.4, -0.2) is 46.1 Å². The Morgan fingerprint density at radius 2 is 1.50 bits per heavy atom. The predicted molar refractivity (Wildman–Crippen MR) is 93.5 cm³/mol. The van der Waals surface area contributed by atoms with Gasteiger partial charge in [0.2, 0.25) is 4.99 Å². The maximum absolute atomic E-state index is 12.3. The number of thiocarbonyl (C=S) groups is 1. The van der Waals surface area contributed by atoms with Gasteiger partial charge in [0.15, 0.2) is 5.92 Å². The fourth-order valence-corrected chi connectivity index (χ4v) is 3.00. The molecule has 0 N–H and O–H groups in total. The molecule has 0 fully saturated rings. The van der Waals surface area contributed by atoms with E-state index in [1.807, 2.05) is 27.7 Å². The number of quaternary nitrogens is 1. The summed E-state index contributed by atoms with van der Waals surface area (Å²) in [6.45, 7) is 11.8. The number of thiol groups is 1. The highest BCUT2D eigenvalue weighted by Gasteiger charge is 2.45. The van der Waals surface area contributed by atoms with Crippen molar-refractivity contribution >= 4 is 42.0 Å². The van der Waals surface area contributed by atoms with Gasteiger partial charge in [0, 0.05) is 0 Å². The van der Waals surface area contributed by atoms with Gasteiger partial charge >= 0.3 is 11.9 Å². The molecule has 128 valence electrons. The van der Waals surface area contributed by atoms with Crippen molar-refractivity contribution in [3.05, 3.63) is 0 Å². The highest BCUT2D eigenvalue weighted by atomic mass is 32.1. The van der Waals surface area contributed by atoms with Gasteiger partial charge < -0.3 is 9.47 Å². The number of esters is 2. The highest BCUT2D eigenvalue weighted by molar-refractivity contribution is 7.82. The van der Waals surface area contributed by atoms with Crippen LogP contribution in [0.5, 0.6) is 0 Å². The van der Waals surface area contributed by atoms with Crippen molar-refractivity contribution in [2.75, 3.05) is 13.2 Å². The van der Waals surface area contributed by atoms with Crippen LogP contribution in [0.1, 0.15) is 48.0 Å². The van der Waals surface area contributed by atoms with Crippen LogP contribution in [0, 0.1) is 5.92 Å². The molecule has 0 rings (SSSR count). The van der Waals surface area contributed by atoms with Crippen LogP contribution in [0.3, 0.4) is 0 Å². The second-order valence-corrected chi connectivity index (χ2v) is 6.66. The number of carbonyl (C=O) groups is 2. The summed E-state index contributed by atoms with van der Waals surface area (Å²) in [5, 5.41) is 0. The molecule has 0 aromatic carbocycles. The van der Waals surface area contributed by atoms with E-state index in [1.165, 1.54) is 0 Å². The molecular weight excluding hydrogens is 322 g/mol. The molecule has 1 unspecified atom stereocenters. The average Bonchev–Trinajstić information content (AvgIpc) is 2.43. The average molecular weight is 351 g/mol. The SMILES string of the molecule is CCOC(=O)CC(C(=O)OCC)C(=S)[N+](S)(C(C)C)C(C)C. The summed E-state index contributed by atoms with van der Waals surface area (Å²) >= 11 is 10.3. The van der Waals surface area contributed by atoms with Crippen LogP contribution < -0.4 is 0 Å². The van der Waals surface area contributed by atoms with Gasteiger partial charge in [-0.3, -0.25) is 9.59 Å². The molecule has 0 aliphatic rings. The van der Waals surface area contributed by atoms with E-state index in [-0.39, 0.29) is 35.6 Å². The van der Waals surface area contributed by atoms with E-state index in [2.05, 4.69) is 0 Å². The molecule has 0 amide bonds. The quantitative estimate of drug-likeness (QED) is 0.316. The number of hydrogen-bond donors (Lipinski definition) is 1. The maximum atomic E-state index is 12.3. The van der Waals surface area contributed by atoms with Crippen molar-refractivity contribution in [2.24, 2.45) is 5.92 Å². The standard InChI is InChI=1S/C15H28NO4S2/c1-7-19-13(17)9-12(15(18)20-8-2)14(21)16(22,10(3)4)11(5)6/h10-12,22H,7-9H2,1-6H3/q+1. The van der Waals surface area contributed by atoms with E-state index in [4.69, 9.17) is 34.5 Å². The number of hydrogen-bond acceptors (Lipinski definition) is 6. The van der Waals surface area contributed by atoms with Gasteiger partial charge in [-0.25, -0.2) is 3.89 Å². The van der Waals surface area contributed by atoms with E-state index in [1.54, 1.807) is 13.8 Å².